The number of hydrogen-bond donors (Lipinski definition) is 0. The molecule has 0 atom stereocenters. The van der Waals surface area contributed by atoms with Crippen LogP contribution in [0.4, 0.5) is 5.69 Å². The summed E-state index contributed by atoms with van der Waals surface area (Å²) in [4.78, 5) is 35.0. The number of hydrogen-bond acceptors (Lipinski definition) is 6. The molecule has 0 amide bonds. The van der Waals surface area contributed by atoms with Gasteiger partial charge in [0.1, 0.15) is 0 Å². The molecule has 0 fully saturated rings. The molecular formula is C20H21NO6. The summed E-state index contributed by atoms with van der Waals surface area (Å²) in [5, 5.41) is 11.0. The Labute approximate surface area is 157 Å². The van der Waals surface area contributed by atoms with Gasteiger partial charge in [0.2, 0.25) is 0 Å². The van der Waals surface area contributed by atoms with Crippen molar-refractivity contribution >= 4 is 17.6 Å². The summed E-state index contributed by atoms with van der Waals surface area (Å²) in [6.07, 6.45) is 1.84. The first kappa shape index (κ1) is 20.1. The summed E-state index contributed by atoms with van der Waals surface area (Å²) in [5.41, 5.74) is 0.710. The Hall–Kier alpha value is -3.22. The Bertz CT molecular complexity index is 818. The number of carbonyl (C=O) groups excluding carboxylic acids is 2. The zero-order chi connectivity index (χ0) is 19.6. The van der Waals surface area contributed by atoms with Crippen molar-refractivity contribution in [2.45, 2.75) is 26.2 Å². The van der Waals surface area contributed by atoms with Gasteiger partial charge in [0.05, 0.1) is 29.3 Å². The van der Waals surface area contributed by atoms with E-state index >= 15 is 0 Å². The number of carbonyl (C=O) groups is 2. The third-order valence-corrected chi connectivity index (χ3v) is 3.89. The number of nitro benzene ring substituents is 1. The maximum Gasteiger partial charge on any atom is 0.339 e. The molecule has 0 spiro atoms. The molecule has 0 aliphatic carbocycles. The summed E-state index contributed by atoms with van der Waals surface area (Å²) >= 11 is 0. The van der Waals surface area contributed by atoms with E-state index in [0.717, 1.165) is 12.8 Å². The summed E-state index contributed by atoms with van der Waals surface area (Å²) in [6, 6.07) is 12.5. The van der Waals surface area contributed by atoms with Crippen LogP contribution < -0.4 is 0 Å². The molecule has 0 heterocycles. The number of para-hydroxylation sites is 1. The molecule has 2 aromatic carbocycles. The second-order valence-electron chi connectivity index (χ2n) is 5.81. The van der Waals surface area contributed by atoms with E-state index in [0.29, 0.717) is 5.56 Å². The SMILES string of the molecule is CCCCOC(=O)c1ccccc1C(=O)OCCc1ccccc1[N+](=O)[O-]. The quantitative estimate of drug-likeness (QED) is 0.287. The van der Waals surface area contributed by atoms with Crippen LogP contribution in [0.2, 0.25) is 0 Å². The molecule has 142 valence electrons. The Balaban J connectivity index is 2.01. The minimum atomic E-state index is -0.670. The van der Waals surface area contributed by atoms with Crippen molar-refractivity contribution in [3.05, 3.63) is 75.3 Å². The highest BCUT2D eigenvalue weighted by Gasteiger charge is 2.19. The molecule has 2 aromatic rings. The predicted octanol–water partition coefficient (Wildman–Crippen LogP) is 3.95. The molecule has 7 nitrogen and oxygen atoms in total. The lowest BCUT2D eigenvalue weighted by molar-refractivity contribution is -0.385. The van der Waals surface area contributed by atoms with Gasteiger partial charge in [0.15, 0.2) is 0 Å². The zero-order valence-electron chi connectivity index (χ0n) is 15.1. The number of benzene rings is 2. The van der Waals surface area contributed by atoms with Crippen molar-refractivity contribution in [3.8, 4) is 0 Å². The zero-order valence-corrected chi connectivity index (χ0v) is 15.1. The summed E-state index contributed by atoms with van der Waals surface area (Å²) in [7, 11) is 0. The number of nitro groups is 1. The molecule has 0 saturated heterocycles. The minimum Gasteiger partial charge on any atom is -0.462 e. The van der Waals surface area contributed by atoms with Crippen LogP contribution >= 0.6 is 0 Å². The third kappa shape index (κ3) is 5.64. The van der Waals surface area contributed by atoms with E-state index in [2.05, 4.69) is 0 Å². The van der Waals surface area contributed by atoms with Crippen LogP contribution in [-0.4, -0.2) is 30.1 Å². The Kier molecular flexibility index (Phi) is 7.49. The van der Waals surface area contributed by atoms with Crippen LogP contribution in [0.15, 0.2) is 48.5 Å². The van der Waals surface area contributed by atoms with Crippen LogP contribution in [-0.2, 0) is 15.9 Å². The maximum atomic E-state index is 12.3. The average Bonchev–Trinajstić information content (AvgIpc) is 2.68. The monoisotopic (exact) mass is 371 g/mol. The van der Waals surface area contributed by atoms with Crippen molar-refractivity contribution in [2.75, 3.05) is 13.2 Å². The number of rotatable bonds is 9. The predicted molar refractivity (Wildman–Crippen MR) is 98.7 cm³/mol. The van der Waals surface area contributed by atoms with Gasteiger partial charge in [-0.15, -0.1) is 0 Å². The lowest BCUT2D eigenvalue weighted by Gasteiger charge is -2.10. The molecule has 0 radical (unpaired) electrons. The van der Waals surface area contributed by atoms with Gasteiger partial charge in [0.25, 0.3) is 5.69 Å². The highest BCUT2D eigenvalue weighted by atomic mass is 16.6. The highest BCUT2D eigenvalue weighted by molar-refractivity contribution is 6.03. The molecule has 0 aliphatic rings. The van der Waals surface area contributed by atoms with E-state index in [1.165, 1.54) is 18.2 Å². The first-order valence-electron chi connectivity index (χ1n) is 8.70. The number of unbranched alkanes of at least 4 members (excludes halogenated alkanes) is 1. The van der Waals surface area contributed by atoms with Crippen molar-refractivity contribution in [1.82, 2.24) is 0 Å². The summed E-state index contributed by atoms with van der Waals surface area (Å²) < 4.78 is 10.4. The third-order valence-electron chi connectivity index (χ3n) is 3.89. The number of ether oxygens (including phenoxy) is 2. The van der Waals surface area contributed by atoms with Gasteiger partial charge in [0, 0.05) is 18.1 Å². The molecule has 27 heavy (non-hydrogen) atoms. The molecule has 2 rings (SSSR count). The Morgan fingerprint density at radius 1 is 0.926 bits per heavy atom. The second-order valence-corrected chi connectivity index (χ2v) is 5.81. The van der Waals surface area contributed by atoms with Crippen LogP contribution in [0.3, 0.4) is 0 Å². The van der Waals surface area contributed by atoms with Crippen molar-refractivity contribution in [1.29, 1.82) is 0 Å². The van der Waals surface area contributed by atoms with Crippen LogP contribution in [0.1, 0.15) is 46.0 Å². The fourth-order valence-electron chi connectivity index (χ4n) is 2.46. The standard InChI is InChI=1S/C20H21NO6/c1-2-3-13-26-19(22)16-9-5-6-10-17(16)20(23)27-14-12-15-8-4-7-11-18(15)21(24)25/h4-11H,2-3,12-14H2,1H3. The van der Waals surface area contributed by atoms with Crippen molar-refractivity contribution in [2.24, 2.45) is 0 Å². The molecule has 0 N–H and O–H groups in total. The highest BCUT2D eigenvalue weighted by Crippen LogP contribution is 2.18. The van der Waals surface area contributed by atoms with Crippen LogP contribution in [0.25, 0.3) is 0 Å². The van der Waals surface area contributed by atoms with Gasteiger partial charge in [-0.1, -0.05) is 43.7 Å². The smallest absolute Gasteiger partial charge is 0.339 e. The minimum absolute atomic E-state index is 0.0200. The van der Waals surface area contributed by atoms with Crippen molar-refractivity contribution in [3.63, 3.8) is 0 Å². The first-order chi connectivity index (χ1) is 13.0. The van der Waals surface area contributed by atoms with Gasteiger partial charge in [-0.2, -0.15) is 0 Å². The molecule has 0 aliphatic heterocycles. The van der Waals surface area contributed by atoms with E-state index in [9.17, 15) is 19.7 Å². The van der Waals surface area contributed by atoms with E-state index in [1.54, 1.807) is 30.3 Å². The maximum absolute atomic E-state index is 12.3. The topological polar surface area (TPSA) is 95.7 Å². The van der Waals surface area contributed by atoms with E-state index in [4.69, 9.17) is 9.47 Å². The van der Waals surface area contributed by atoms with Crippen molar-refractivity contribution < 1.29 is 24.0 Å². The van der Waals surface area contributed by atoms with Gasteiger partial charge in [-0.3, -0.25) is 10.1 Å². The van der Waals surface area contributed by atoms with Gasteiger partial charge in [-0.25, -0.2) is 9.59 Å². The van der Waals surface area contributed by atoms with E-state index in [1.807, 2.05) is 6.92 Å². The fourth-order valence-corrected chi connectivity index (χ4v) is 2.46. The van der Waals surface area contributed by atoms with Gasteiger partial charge < -0.3 is 9.47 Å². The average molecular weight is 371 g/mol. The lowest BCUT2D eigenvalue weighted by Crippen LogP contribution is -2.15. The van der Waals surface area contributed by atoms with Crippen LogP contribution in [0, 0.1) is 10.1 Å². The summed E-state index contributed by atoms with van der Waals surface area (Å²) in [5.74, 6) is -1.24. The molecule has 0 unspecified atom stereocenters. The second kappa shape index (κ2) is 10.1. The molecule has 0 bridgehead atoms. The number of esters is 2. The molecule has 0 aromatic heterocycles. The largest absolute Gasteiger partial charge is 0.462 e. The molecule has 0 saturated carbocycles. The molecular weight excluding hydrogens is 350 g/mol. The van der Waals surface area contributed by atoms with E-state index in [-0.39, 0.29) is 36.4 Å². The normalized spacial score (nSPS) is 10.3. The van der Waals surface area contributed by atoms with Gasteiger partial charge in [-0.05, 0) is 18.6 Å². The lowest BCUT2D eigenvalue weighted by atomic mass is 10.1. The van der Waals surface area contributed by atoms with E-state index < -0.39 is 16.9 Å². The number of nitrogens with zero attached hydrogens (tertiary/aromatic N) is 1. The van der Waals surface area contributed by atoms with Crippen LogP contribution in [0.5, 0.6) is 0 Å². The first-order valence-corrected chi connectivity index (χ1v) is 8.70. The fraction of sp³-hybridized carbons (Fsp3) is 0.300. The molecule has 7 heteroatoms. The Morgan fingerprint density at radius 3 is 2.07 bits per heavy atom. The summed E-state index contributed by atoms with van der Waals surface area (Å²) in [6.45, 7) is 2.23. The Morgan fingerprint density at radius 2 is 1.48 bits per heavy atom. The van der Waals surface area contributed by atoms with Gasteiger partial charge >= 0.3 is 11.9 Å².